The van der Waals surface area contributed by atoms with E-state index in [1.807, 2.05) is 6.92 Å². The number of nitrogens with one attached hydrogen (secondary N) is 1. The van der Waals surface area contributed by atoms with Crippen molar-refractivity contribution in [3.63, 3.8) is 0 Å². The first-order valence-electron chi connectivity index (χ1n) is 10.8. The molecule has 0 atom stereocenters. The zero-order chi connectivity index (χ0) is 21.2. The predicted octanol–water partition coefficient (Wildman–Crippen LogP) is 2.85. The lowest BCUT2D eigenvalue weighted by molar-refractivity contribution is -0.0390. The Kier molecular flexibility index (Phi) is 11.4. The van der Waals surface area contributed by atoms with Gasteiger partial charge in [-0.3, -0.25) is 4.99 Å². The minimum atomic E-state index is -0.236. The summed E-state index contributed by atoms with van der Waals surface area (Å²) in [7, 11) is 1.79. The molecule has 0 aromatic heterocycles. The molecule has 3 rings (SSSR count). The zero-order valence-electron chi connectivity index (χ0n) is 18.5. The molecule has 1 aromatic carbocycles. The summed E-state index contributed by atoms with van der Waals surface area (Å²) in [5.74, 6) is 0.849. The maximum Gasteiger partial charge on any atom is 0.409 e. The highest BCUT2D eigenvalue weighted by Crippen LogP contribution is 2.14. The van der Waals surface area contributed by atoms with Crippen LogP contribution < -0.4 is 5.32 Å². The van der Waals surface area contributed by atoms with Crippen LogP contribution in [0.5, 0.6) is 0 Å². The summed E-state index contributed by atoms with van der Waals surface area (Å²) in [5.41, 5.74) is 2.37. The highest BCUT2D eigenvalue weighted by atomic mass is 127. The van der Waals surface area contributed by atoms with E-state index in [1.165, 1.54) is 11.1 Å². The molecule has 0 saturated carbocycles. The first-order valence-corrected chi connectivity index (χ1v) is 10.8. The summed E-state index contributed by atoms with van der Waals surface area (Å²) in [5, 5.41) is 3.44. The monoisotopic (exact) mass is 546 g/mol. The van der Waals surface area contributed by atoms with Gasteiger partial charge in [-0.1, -0.05) is 24.3 Å². The number of piperazine rings is 1. The number of ether oxygens (including phenoxy) is 3. The molecule has 0 aliphatic carbocycles. The van der Waals surface area contributed by atoms with Crippen molar-refractivity contribution in [2.75, 3.05) is 53.0 Å². The van der Waals surface area contributed by atoms with E-state index < -0.39 is 0 Å². The molecule has 0 spiro atoms. The lowest BCUT2D eigenvalue weighted by Gasteiger charge is -2.35. The van der Waals surface area contributed by atoms with Crippen molar-refractivity contribution in [3.8, 4) is 0 Å². The minimum Gasteiger partial charge on any atom is -0.450 e. The Morgan fingerprint density at radius 3 is 2.52 bits per heavy atom. The number of hydrogen-bond acceptors (Lipinski definition) is 5. The van der Waals surface area contributed by atoms with Gasteiger partial charge in [0.25, 0.3) is 0 Å². The standard InChI is InChI=1S/C22H34N4O4.HI/c1-3-29-22(27)26-11-9-25(10-12-26)21(23-2)24-16-18-5-4-6-19(15-18)17-30-20-7-13-28-14-8-20;/h4-6,15,20H,3,7-14,16-17H2,1-2H3,(H,23,24);1H. The molecule has 0 bridgehead atoms. The smallest absolute Gasteiger partial charge is 0.409 e. The van der Waals surface area contributed by atoms with Crippen molar-refractivity contribution in [1.29, 1.82) is 0 Å². The van der Waals surface area contributed by atoms with Gasteiger partial charge in [0.15, 0.2) is 5.96 Å². The Morgan fingerprint density at radius 1 is 1.16 bits per heavy atom. The number of benzene rings is 1. The fourth-order valence-electron chi connectivity index (χ4n) is 3.72. The zero-order valence-corrected chi connectivity index (χ0v) is 20.9. The van der Waals surface area contributed by atoms with Gasteiger partial charge in [0, 0.05) is 53.0 Å². The Hall–Kier alpha value is -1.59. The number of rotatable bonds is 6. The van der Waals surface area contributed by atoms with Gasteiger partial charge in [-0.15, -0.1) is 24.0 Å². The molecule has 174 valence electrons. The van der Waals surface area contributed by atoms with E-state index in [0.29, 0.717) is 39.0 Å². The number of nitrogens with zero attached hydrogens (tertiary/aromatic N) is 3. The summed E-state index contributed by atoms with van der Waals surface area (Å²) >= 11 is 0. The lowest BCUT2D eigenvalue weighted by Crippen LogP contribution is -2.53. The SMILES string of the molecule is CCOC(=O)N1CCN(C(=NC)NCc2cccc(COC3CCOCC3)c2)CC1.I. The third-order valence-corrected chi connectivity index (χ3v) is 5.41. The van der Waals surface area contributed by atoms with Gasteiger partial charge >= 0.3 is 6.09 Å². The average molecular weight is 546 g/mol. The number of amides is 1. The second-order valence-electron chi connectivity index (χ2n) is 7.52. The van der Waals surface area contributed by atoms with Crippen LogP contribution >= 0.6 is 24.0 Å². The summed E-state index contributed by atoms with van der Waals surface area (Å²) in [6.07, 6.45) is 2.01. The first-order chi connectivity index (χ1) is 14.7. The van der Waals surface area contributed by atoms with Crippen molar-refractivity contribution in [2.45, 2.75) is 39.0 Å². The molecule has 1 amide bonds. The minimum absolute atomic E-state index is 0. The maximum absolute atomic E-state index is 11.9. The summed E-state index contributed by atoms with van der Waals surface area (Å²) in [4.78, 5) is 20.2. The van der Waals surface area contributed by atoms with Crippen LogP contribution in [0, 0.1) is 0 Å². The second kappa shape index (κ2) is 13.7. The molecule has 1 aromatic rings. The molecule has 2 heterocycles. The molecule has 9 heteroatoms. The van der Waals surface area contributed by atoms with E-state index in [2.05, 4.69) is 39.5 Å². The van der Waals surface area contributed by atoms with Crippen LogP contribution in [0.1, 0.15) is 30.9 Å². The number of carbonyl (C=O) groups is 1. The largest absolute Gasteiger partial charge is 0.450 e. The van der Waals surface area contributed by atoms with E-state index in [0.717, 1.165) is 45.1 Å². The lowest BCUT2D eigenvalue weighted by atomic mass is 10.1. The van der Waals surface area contributed by atoms with Crippen LogP contribution in [0.3, 0.4) is 0 Å². The molecular weight excluding hydrogens is 511 g/mol. The number of carbonyl (C=O) groups excluding carboxylic acids is 1. The molecule has 8 nitrogen and oxygen atoms in total. The Morgan fingerprint density at radius 2 is 1.84 bits per heavy atom. The number of hydrogen-bond donors (Lipinski definition) is 1. The molecule has 1 N–H and O–H groups in total. The van der Waals surface area contributed by atoms with Gasteiger partial charge in [-0.2, -0.15) is 0 Å². The van der Waals surface area contributed by atoms with Gasteiger partial charge in [0.1, 0.15) is 0 Å². The third kappa shape index (κ3) is 8.12. The molecular formula is C22H35IN4O4. The van der Waals surface area contributed by atoms with Crippen LogP contribution in [-0.2, 0) is 27.4 Å². The van der Waals surface area contributed by atoms with E-state index >= 15 is 0 Å². The molecule has 2 aliphatic rings. The van der Waals surface area contributed by atoms with Crippen molar-refractivity contribution < 1.29 is 19.0 Å². The van der Waals surface area contributed by atoms with Crippen LogP contribution in [0.2, 0.25) is 0 Å². The Balaban J connectivity index is 0.00000341. The van der Waals surface area contributed by atoms with Gasteiger partial charge in [0.05, 0.1) is 19.3 Å². The quantitative estimate of drug-likeness (QED) is 0.336. The van der Waals surface area contributed by atoms with Gasteiger partial charge < -0.3 is 29.3 Å². The van der Waals surface area contributed by atoms with Gasteiger partial charge in [0.2, 0.25) is 0 Å². The van der Waals surface area contributed by atoms with E-state index in [-0.39, 0.29) is 30.1 Å². The molecule has 2 saturated heterocycles. The predicted molar refractivity (Wildman–Crippen MR) is 131 cm³/mol. The summed E-state index contributed by atoms with van der Waals surface area (Å²) in [6, 6.07) is 8.46. The molecule has 2 fully saturated rings. The van der Waals surface area contributed by atoms with Crippen LogP contribution in [0.4, 0.5) is 4.79 Å². The van der Waals surface area contributed by atoms with E-state index in [9.17, 15) is 4.79 Å². The van der Waals surface area contributed by atoms with E-state index in [4.69, 9.17) is 14.2 Å². The molecule has 31 heavy (non-hydrogen) atoms. The van der Waals surface area contributed by atoms with E-state index in [1.54, 1.807) is 11.9 Å². The Bertz CT molecular complexity index is 705. The fourth-order valence-corrected chi connectivity index (χ4v) is 3.72. The highest BCUT2D eigenvalue weighted by molar-refractivity contribution is 14.0. The van der Waals surface area contributed by atoms with Crippen molar-refractivity contribution >= 4 is 36.0 Å². The molecule has 0 radical (unpaired) electrons. The molecule has 2 aliphatic heterocycles. The second-order valence-corrected chi connectivity index (χ2v) is 7.52. The number of halogens is 1. The van der Waals surface area contributed by atoms with Gasteiger partial charge in [-0.05, 0) is 30.9 Å². The summed E-state index contributed by atoms with van der Waals surface area (Å²) < 4.78 is 16.5. The summed E-state index contributed by atoms with van der Waals surface area (Å²) in [6.45, 7) is 7.88. The Labute approximate surface area is 202 Å². The number of aliphatic imine (C=N–C) groups is 1. The topological polar surface area (TPSA) is 75.6 Å². The van der Waals surface area contributed by atoms with Crippen LogP contribution in [0.15, 0.2) is 29.3 Å². The van der Waals surface area contributed by atoms with Crippen LogP contribution in [-0.4, -0.2) is 81.0 Å². The molecule has 0 unspecified atom stereocenters. The first kappa shape index (κ1) is 25.7. The fraction of sp³-hybridized carbons (Fsp3) is 0.636. The van der Waals surface area contributed by atoms with Crippen LogP contribution in [0.25, 0.3) is 0 Å². The highest BCUT2D eigenvalue weighted by Gasteiger charge is 2.23. The third-order valence-electron chi connectivity index (χ3n) is 5.41. The normalized spacial score (nSPS) is 17.8. The van der Waals surface area contributed by atoms with Gasteiger partial charge in [-0.25, -0.2) is 4.79 Å². The number of guanidine groups is 1. The average Bonchev–Trinajstić information content (AvgIpc) is 2.80. The van der Waals surface area contributed by atoms with Crippen molar-refractivity contribution in [2.24, 2.45) is 4.99 Å². The van der Waals surface area contributed by atoms with Crippen molar-refractivity contribution in [3.05, 3.63) is 35.4 Å². The maximum atomic E-state index is 11.9. The van der Waals surface area contributed by atoms with Crippen molar-refractivity contribution in [1.82, 2.24) is 15.1 Å².